The molecule has 0 aromatic rings. The van der Waals surface area contributed by atoms with Gasteiger partial charge in [0.2, 0.25) is 11.8 Å². The monoisotopic (exact) mass is 294 g/mol. The number of rotatable bonds is 3. The van der Waals surface area contributed by atoms with Crippen LogP contribution in [0.25, 0.3) is 0 Å². The lowest BCUT2D eigenvalue weighted by Gasteiger charge is -2.41. The maximum absolute atomic E-state index is 12.9. The van der Waals surface area contributed by atoms with Gasteiger partial charge in [-0.25, -0.2) is 0 Å². The first-order chi connectivity index (χ1) is 9.88. The van der Waals surface area contributed by atoms with Crippen LogP contribution >= 0.6 is 0 Å². The lowest BCUT2D eigenvalue weighted by molar-refractivity contribution is -0.137. The van der Waals surface area contributed by atoms with E-state index in [9.17, 15) is 9.59 Å². The van der Waals surface area contributed by atoms with Gasteiger partial charge < -0.3 is 10.2 Å². The first kappa shape index (κ1) is 16.3. The second kappa shape index (κ2) is 6.80. The average Bonchev–Trinajstić information content (AvgIpc) is 2.51. The molecule has 0 aromatic heterocycles. The third kappa shape index (κ3) is 3.98. The number of nitrogens with zero attached hydrogens (tertiary/aromatic N) is 1. The van der Waals surface area contributed by atoms with E-state index in [4.69, 9.17) is 0 Å². The Morgan fingerprint density at radius 1 is 1.24 bits per heavy atom. The highest BCUT2D eigenvalue weighted by Crippen LogP contribution is 2.33. The lowest BCUT2D eigenvalue weighted by Crippen LogP contribution is -2.51. The molecule has 21 heavy (non-hydrogen) atoms. The van der Waals surface area contributed by atoms with E-state index in [0.717, 1.165) is 18.8 Å². The van der Waals surface area contributed by atoms with Crippen LogP contribution in [-0.4, -0.2) is 35.3 Å². The van der Waals surface area contributed by atoms with Gasteiger partial charge in [-0.15, -0.1) is 0 Å². The van der Waals surface area contributed by atoms with Crippen molar-refractivity contribution in [3.8, 4) is 0 Å². The predicted molar refractivity (Wildman–Crippen MR) is 83.7 cm³/mol. The van der Waals surface area contributed by atoms with E-state index in [0.29, 0.717) is 30.8 Å². The molecule has 120 valence electrons. The number of hydrogen-bond acceptors (Lipinski definition) is 2. The molecule has 1 saturated carbocycles. The summed E-state index contributed by atoms with van der Waals surface area (Å²) in [5.41, 5.74) is 0. The van der Waals surface area contributed by atoms with E-state index >= 15 is 0 Å². The van der Waals surface area contributed by atoms with Gasteiger partial charge in [-0.3, -0.25) is 9.59 Å². The Morgan fingerprint density at radius 2 is 1.95 bits per heavy atom. The first-order valence-corrected chi connectivity index (χ1v) is 8.48. The molecule has 1 aliphatic heterocycles. The van der Waals surface area contributed by atoms with Crippen LogP contribution in [0.15, 0.2) is 0 Å². The molecular weight excluding hydrogens is 264 g/mol. The van der Waals surface area contributed by atoms with Crippen molar-refractivity contribution in [3.63, 3.8) is 0 Å². The van der Waals surface area contributed by atoms with Crippen molar-refractivity contribution in [3.05, 3.63) is 0 Å². The second-order valence-electron chi connectivity index (χ2n) is 7.49. The van der Waals surface area contributed by atoms with Crippen molar-refractivity contribution in [2.75, 3.05) is 6.54 Å². The molecule has 4 nitrogen and oxygen atoms in total. The Kier molecular flexibility index (Phi) is 5.28. The topological polar surface area (TPSA) is 49.4 Å². The number of carbonyl (C=O) groups is 2. The largest absolute Gasteiger partial charge is 0.344 e. The molecule has 1 saturated heterocycles. The Balaban J connectivity index is 2.13. The SMILES string of the molecule is CC(C)CC1NC(=O)CCN(C2CCC(C)CC2C)C1=O. The van der Waals surface area contributed by atoms with E-state index in [1.165, 1.54) is 12.8 Å². The number of hydrogen-bond donors (Lipinski definition) is 1. The fourth-order valence-electron chi connectivity index (χ4n) is 3.93. The van der Waals surface area contributed by atoms with Crippen molar-refractivity contribution in [2.45, 2.75) is 71.9 Å². The fourth-order valence-corrected chi connectivity index (χ4v) is 3.93. The van der Waals surface area contributed by atoms with E-state index in [1.54, 1.807) is 0 Å². The summed E-state index contributed by atoms with van der Waals surface area (Å²) in [6.07, 6.45) is 4.63. The van der Waals surface area contributed by atoms with Crippen molar-refractivity contribution in [1.82, 2.24) is 10.2 Å². The molecule has 0 radical (unpaired) electrons. The minimum Gasteiger partial charge on any atom is -0.344 e. The van der Waals surface area contributed by atoms with Crippen LogP contribution in [0.3, 0.4) is 0 Å². The summed E-state index contributed by atoms with van der Waals surface area (Å²) in [5.74, 6) is 1.85. The highest BCUT2D eigenvalue weighted by atomic mass is 16.2. The Morgan fingerprint density at radius 3 is 2.57 bits per heavy atom. The zero-order valence-electron chi connectivity index (χ0n) is 13.9. The second-order valence-corrected chi connectivity index (χ2v) is 7.49. The molecular formula is C17H30N2O2. The van der Waals surface area contributed by atoms with Crippen LogP contribution in [0.2, 0.25) is 0 Å². The molecule has 4 unspecified atom stereocenters. The minimum atomic E-state index is -0.327. The summed E-state index contributed by atoms with van der Waals surface area (Å²) < 4.78 is 0. The Labute approximate surface area is 128 Å². The molecule has 2 aliphatic rings. The van der Waals surface area contributed by atoms with Crippen LogP contribution in [0, 0.1) is 17.8 Å². The predicted octanol–water partition coefficient (Wildman–Crippen LogP) is 2.57. The number of nitrogens with one attached hydrogen (secondary N) is 1. The van der Waals surface area contributed by atoms with Gasteiger partial charge in [-0.05, 0) is 43.4 Å². The fraction of sp³-hybridized carbons (Fsp3) is 0.882. The number of carbonyl (C=O) groups excluding carboxylic acids is 2. The normalized spacial score (nSPS) is 34.8. The van der Waals surface area contributed by atoms with Crippen LogP contribution in [0.1, 0.15) is 59.8 Å². The molecule has 0 aromatic carbocycles. The van der Waals surface area contributed by atoms with Gasteiger partial charge in [0.1, 0.15) is 6.04 Å². The van der Waals surface area contributed by atoms with Crippen molar-refractivity contribution in [1.29, 1.82) is 0 Å². The number of amides is 2. The first-order valence-electron chi connectivity index (χ1n) is 8.48. The molecule has 1 N–H and O–H groups in total. The van der Waals surface area contributed by atoms with E-state index in [-0.39, 0.29) is 17.9 Å². The maximum Gasteiger partial charge on any atom is 0.245 e. The van der Waals surface area contributed by atoms with Gasteiger partial charge in [0.15, 0.2) is 0 Å². The third-order valence-corrected chi connectivity index (χ3v) is 4.99. The molecule has 4 heteroatoms. The van der Waals surface area contributed by atoms with Crippen molar-refractivity contribution >= 4 is 11.8 Å². The Hall–Kier alpha value is -1.06. The van der Waals surface area contributed by atoms with Gasteiger partial charge in [0.25, 0.3) is 0 Å². The molecule has 1 heterocycles. The molecule has 1 aliphatic carbocycles. The van der Waals surface area contributed by atoms with Gasteiger partial charge in [-0.1, -0.05) is 27.7 Å². The summed E-state index contributed by atoms with van der Waals surface area (Å²) in [6, 6.07) is -0.0115. The molecule has 2 fully saturated rings. The quantitative estimate of drug-likeness (QED) is 0.869. The summed E-state index contributed by atoms with van der Waals surface area (Å²) in [4.78, 5) is 26.8. The van der Waals surface area contributed by atoms with Gasteiger partial charge in [0, 0.05) is 19.0 Å². The van der Waals surface area contributed by atoms with Crippen LogP contribution in [0.4, 0.5) is 0 Å². The van der Waals surface area contributed by atoms with Gasteiger partial charge >= 0.3 is 0 Å². The standard InChI is InChI=1S/C17H30N2O2/c1-11(2)9-14-17(21)19(8-7-16(20)18-14)15-6-5-12(3)10-13(15)4/h11-15H,5-10H2,1-4H3,(H,18,20). The molecule has 2 rings (SSSR count). The summed E-state index contributed by atoms with van der Waals surface area (Å²) in [7, 11) is 0. The third-order valence-electron chi connectivity index (χ3n) is 4.99. The van der Waals surface area contributed by atoms with E-state index < -0.39 is 0 Å². The highest BCUT2D eigenvalue weighted by Gasteiger charge is 2.37. The minimum absolute atomic E-state index is 0.0216. The zero-order valence-corrected chi connectivity index (χ0v) is 13.9. The van der Waals surface area contributed by atoms with E-state index in [2.05, 4.69) is 33.0 Å². The van der Waals surface area contributed by atoms with Crippen LogP contribution in [-0.2, 0) is 9.59 Å². The smallest absolute Gasteiger partial charge is 0.245 e. The molecule has 2 amide bonds. The van der Waals surface area contributed by atoms with Crippen molar-refractivity contribution < 1.29 is 9.59 Å². The maximum atomic E-state index is 12.9. The average molecular weight is 294 g/mol. The van der Waals surface area contributed by atoms with Crippen molar-refractivity contribution in [2.24, 2.45) is 17.8 Å². The van der Waals surface area contributed by atoms with E-state index in [1.807, 2.05) is 4.90 Å². The Bertz CT molecular complexity index is 394. The van der Waals surface area contributed by atoms with Crippen LogP contribution in [0.5, 0.6) is 0 Å². The van der Waals surface area contributed by atoms with Gasteiger partial charge in [-0.2, -0.15) is 0 Å². The summed E-state index contributed by atoms with van der Waals surface area (Å²) in [5, 5.41) is 2.92. The highest BCUT2D eigenvalue weighted by molar-refractivity contribution is 5.90. The van der Waals surface area contributed by atoms with Gasteiger partial charge in [0.05, 0.1) is 0 Å². The lowest BCUT2D eigenvalue weighted by atomic mass is 9.79. The molecule has 0 bridgehead atoms. The zero-order chi connectivity index (χ0) is 15.6. The molecule has 0 spiro atoms. The molecule has 4 atom stereocenters. The van der Waals surface area contributed by atoms with Crippen LogP contribution < -0.4 is 5.32 Å². The summed E-state index contributed by atoms with van der Waals surface area (Å²) >= 11 is 0. The summed E-state index contributed by atoms with van der Waals surface area (Å²) in [6.45, 7) is 9.33.